The standard InChI is InChI=1S/C21H21F3N2O4/c1-12(2)7-19(20(29)26-11-13-3-6-17(27)18(28)8-13)30-15-5-4-14(10-25)16(9-15)21(22,23)24/h3-6,8-9,12,19,27-28H,7,11H2,1-2H3,(H,26,29). The second kappa shape index (κ2) is 9.39. The zero-order chi connectivity index (χ0) is 22.5. The number of hydrogen-bond donors (Lipinski definition) is 3. The first-order chi connectivity index (χ1) is 14.0. The number of nitrogens with zero attached hydrogens (tertiary/aromatic N) is 1. The molecule has 0 aliphatic heterocycles. The smallest absolute Gasteiger partial charge is 0.417 e. The average Bonchev–Trinajstić information content (AvgIpc) is 2.67. The lowest BCUT2D eigenvalue weighted by atomic mass is 10.0. The molecule has 0 saturated carbocycles. The highest BCUT2D eigenvalue weighted by Crippen LogP contribution is 2.34. The SMILES string of the molecule is CC(C)CC(Oc1ccc(C#N)c(C(F)(F)F)c1)C(=O)NCc1ccc(O)c(O)c1. The molecule has 0 spiro atoms. The number of nitrogens with one attached hydrogen (secondary N) is 1. The molecule has 2 rings (SSSR count). The van der Waals surface area contributed by atoms with Crippen molar-refractivity contribution in [1.29, 1.82) is 5.26 Å². The fourth-order valence-electron chi connectivity index (χ4n) is 2.71. The molecule has 0 bridgehead atoms. The minimum atomic E-state index is -4.74. The Bertz CT molecular complexity index is 952. The van der Waals surface area contributed by atoms with Gasteiger partial charge in [0.15, 0.2) is 17.6 Å². The Morgan fingerprint density at radius 2 is 1.87 bits per heavy atom. The van der Waals surface area contributed by atoms with Gasteiger partial charge in [0.05, 0.1) is 17.2 Å². The van der Waals surface area contributed by atoms with Gasteiger partial charge in [-0.25, -0.2) is 0 Å². The quantitative estimate of drug-likeness (QED) is 0.583. The molecule has 0 heterocycles. The van der Waals surface area contributed by atoms with Gasteiger partial charge in [0.1, 0.15) is 5.75 Å². The molecule has 0 aliphatic rings. The number of carbonyl (C=O) groups is 1. The average molecular weight is 422 g/mol. The van der Waals surface area contributed by atoms with Crippen LogP contribution in [0.4, 0.5) is 13.2 Å². The van der Waals surface area contributed by atoms with E-state index in [4.69, 9.17) is 10.00 Å². The molecule has 6 nitrogen and oxygen atoms in total. The minimum absolute atomic E-state index is 0.0129. The van der Waals surface area contributed by atoms with E-state index in [1.807, 2.05) is 13.8 Å². The summed E-state index contributed by atoms with van der Waals surface area (Å²) < 4.78 is 45.0. The van der Waals surface area contributed by atoms with E-state index in [2.05, 4.69) is 5.32 Å². The molecule has 2 aromatic carbocycles. The number of carbonyl (C=O) groups excluding carboxylic acids is 1. The predicted octanol–water partition coefficient (Wildman–Crippen LogP) is 4.10. The number of amides is 1. The van der Waals surface area contributed by atoms with Crippen LogP contribution in [0.15, 0.2) is 36.4 Å². The molecule has 1 atom stereocenters. The summed E-state index contributed by atoms with van der Waals surface area (Å²) in [7, 11) is 0. The van der Waals surface area contributed by atoms with Crippen LogP contribution >= 0.6 is 0 Å². The summed E-state index contributed by atoms with van der Waals surface area (Å²) >= 11 is 0. The molecular formula is C21H21F3N2O4. The van der Waals surface area contributed by atoms with E-state index >= 15 is 0 Å². The van der Waals surface area contributed by atoms with Crippen molar-refractivity contribution in [3.8, 4) is 23.3 Å². The summed E-state index contributed by atoms with van der Waals surface area (Å²) in [5.41, 5.74) is -1.16. The summed E-state index contributed by atoms with van der Waals surface area (Å²) in [5, 5.41) is 30.3. The Balaban J connectivity index is 2.18. The van der Waals surface area contributed by atoms with E-state index in [9.17, 15) is 28.2 Å². The van der Waals surface area contributed by atoms with Crippen molar-refractivity contribution in [3.05, 3.63) is 53.1 Å². The van der Waals surface area contributed by atoms with Gasteiger partial charge >= 0.3 is 6.18 Å². The number of ether oxygens (including phenoxy) is 1. The predicted molar refractivity (Wildman–Crippen MR) is 102 cm³/mol. The summed E-state index contributed by atoms with van der Waals surface area (Å²) in [5.74, 6) is -1.35. The van der Waals surface area contributed by atoms with Gasteiger partial charge < -0.3 is 20.3 Å². The molecule has 30 heavy (non-hydrogen) atoms. The van der Waals surface area contributed by atoms with Crippen molar-refractivity contribution in [3.63, 3.8) is 0 Å². The van der Waals surface area contributed by atoms with E-state index in [1.165, 1.54) is 30.3 Å². The van der Waals surface area contributed by atoms with Gasteiger partial charge in [0.2, 0.25) is 0 Å². The summed E-state index contributed by atoms with van der Waals surface area (Å²) in [6, 6.07) is 8.47. The van der Waals surface area contributed by atoms with Gasteiger partial charge in [0.25, 0.3) is 5.91 Å². The maximum absolute atomic E-state index is 13.2. The number of halogens is 3. The van der Waals surface area contributed by atoms with Crippen molar-refractivity contribution in [2.75, 3.05) is 0 Å². The van der Waals surface area contributed by atoms with Crippen LogP contribution in [0.1, 0.15) is 37.0 Å². The van der Waals surface area contributed by atoms with Crippen LogP contribution in [0.2, 0.25) is 0 Å². The molecule has 1 unspecified atom stereocenters. The maximum Gasteiger partial charge on any atom is 0.417 e. The number of alkyl halides is 3. The highest BCUT2D eigenvalue weighted by Gasteiger charge is 2.34. The first kappa shape index (κ1) is 22.9. The topological polar surface area (TPSA) is 103 Å². The van der Waals surface area contributed by atoms with Gasteiger partial charge in [-0.15, -0.1) is 0 Å². The Kier molecular flexibility index (Phi) is 7.16. The number of benzene rings is 2. The minimum Gasteiger partial charge on any atom is -0.504 e. The van der Waals surface area contributed by atoms with Crippen LogP contribution < -0.4 is 10.1 Å². The number of hydrogen-bond acceptors (Lipinski definition) is 5. The van der Waals surface area contributed by atoms with Crippen molar-refractivity contribution in [2.45, 2.75) is 39.1 Å². The van der Waals surface area contributed by atoms with Gasteiger partial charge in [-0.2, -0.15) is 18.4 Å². The molecule has 0 fully saturated rings. The summed E-state index contributed by atoms with van der Waals surface area (Å²) in [4.78, 5) is 12.6. The molecule has 160 valence electrons. The fourth-order valence-corrected chi connectivity index (χ4v) is 2.71. The first-order valence-electron chi connectivity index (χ1n) is 9.07. The van der Waals surface area contributed by atoms with Crippen LogP contribution in [0.25, 0.3) is 0 Å². The van der Waals surface area contributed by atoms with E-state index in [0.29, 0.717) is 11.6 Å². The number of phenolic OH excluding ortho intramolecular Hbond substituents is 2. The zero-order valence-corrected chi connectivity index (χ0v) is 16.3. The van der Waals surface area contributed by atoms with E-state index in [1.54, 1.807) is 0 Å². The second-order valence-corrected chi connectivity index (χ2v) is 7.09. The van der Waals surface area contributed by atoms with E-state index < -0.39 is 29.3 Å². The largest absolute Gasteiger partial charge is 0.504 e. The Morgan fingerprint density at radius 1 is 1.17 bits per heavy atom. The van der Waals surface area contributed by atoms with Crippen LogP contribution in [-0.4, -0.2) is 22.2 Å². The van der Waals surface area contributed by atoms with Gasteiger partial charge in [-0.1, -0.05) is 19.9 Å². The van der Waals surface area contributed by atoms with Crippen molar-refractivity contribution < 1.29 is 32.9 Å². The lowest BCUT2D eigenvalue weighted by Gasteiger charge is -2.21. The lowest BCUT2D eigenvalue weighted by Crippen LogP contribution is -2.39. The number of rotatable bonds is 7. The Morgan fingerprint density at radius 3 is 2.43 bits per heavy atom. The normalized spacial score (nSPS) is 12.3. The highest BCUT2D eigenvalue weighted by atomic mass is 19.4. The fraction of sp³-hybridized carbons (Fsp3) is 0.333. The zero-order valence-electron chi connectivity index (χ0n) is 16.3. The molecule has 0 saturated heterocycles. The second-order valence-electron chi connectivity index (χ2n) is 7.09. The van der Waals surface area contributed by atoms with Crippen LogP contribution in [-0.2, 0) is 17.5 Å². The van der Waals surface area contributed by atoms with Crippen LogP contribution in [0.5, 0.6) is 17.2 Å². The molecule has 0 aromatic heterocycles. The van der Waals surface area contributed by atoms with E-state index in [0.717, 1.165) is 6.07 Å². The monoisotopic (exact) mass is 422 g/mol. The third-order valence-electron chi connectivity index (χ3n) is 4.18. The molecule has 9 heteroatoms. The molecule has 2 aromatic rings. The Hall–Kier alpha value is -3.41. The Labute approximate surface area is 171 Å². The van der Waals surface area contributed by atoms with Crippen LogP contribution in [0, 0.1) is 17.2 Å². The van der Waals surface area contributed by atoms with Crippen molar-refractivity contribution in [2.24, 2.45) is 5.92 Å². The molecule has 0 aliphatic carbocycles. The number of phenols is 2. The molecular weight excluding hydrogens is 401 g/mol. The van der Waals surface area contributed by atoms with Crippen LogP contribution in [0.3, 0.4) is 0 Å². The lowest BCUT2D eigenvalue weighted by molar-refractivity contribution is -0.137. The third-order valence-corrected chi connectivity index (χ3v) is 4.18. The maximum atomic E-state index is 13.2. The van der Waals surface area contributed by atoms with Gasteiger partial charge in [-0.3, -0.25) is 4.79 Å². The first-order valence-corrected chi connectivity index (χ1v) is 9.07. The highest BCUT2D eigenvalue weighted by molar-refractivity contribution is 5.81. The summed E-state index contributed by atoms with van der Waals surface area (Å²) in [6.45, 7) is 3.69. The number of aromatic hydroxyl groups is 2. The van der Waals surface area contributed by atoms with Crippen molar-refractivity contribution >= 4 is 5.91 Å². The van der Waals surface area contributed by atoms with Gasteiger partial charge in [0, 0.05) is 6.54 Å². The number of nitriles is 1. The third kappa shape index (κ3) is 6.04. The van der Waals surface area contributed by atoms with E-state index in [-0.39, 0.29) is 36.1 Å². The molecule has 0 radical (unpaired) electrons. The molecule has 1 amide bonds. The van der Waals surface area contributed by atoms with Crippen molar-refractivity contribution in [1.82, 2.24) is 5.32 Å². The summed E-state index contributed by atoms with van der Waals surface area (Å²) in [6.07, 6.45) is -5.56. The molecule has 3 N–H and O–H groups in total. The van der Waals surface area contributed by atoms with Gasteiger partial charge in [-0.05, 0) is 48.2 Å².